The predicted molar refractivity (Wildman–Crippen MR) is 83.6 cm³/mol. The van der Waals surface area contributed by atoms with E-state index >= 15 is 0 Å². The largest absolute Gasteiger partial charge is 0.309 e. The summed E-state index contributed by atoms with van der Waals surface area (Å²) in [7, 11) is 1.89. The van der Waals surface area contributed by atoms with Gasteiger partial charge in [0.05, 0.1) is 6.04 Å². The summed E-state index contributed by atoms with van der Waals surface area (Å²) in [5, 5.41) is 5.32. The van der Waals surface area contributed by atoms with Crippen LogP contribution >= 0.6 is 34.8 Å². The van der Waals surface area contributed by atoms with Gasteiger partial charge in [0.25, 0.3) is 0 Å². The molecule has 0 fully saturated rings. The van der Waals surface area contributed by atoms with E-state index in [-0.39, 0.29) is 6.04 Å². The van der Waals surface area contributed by atoms with Crippen LogP contribution in [0.25, 0.3) is 0 Å². The maximum Gasteiger partial charge on any atom is 0.0590 e. The molecule has 0 amide bonds. The van der Waals surface area contributed by atoms with Crippen LogP contribution in [0.1, 0.15) is 22.7 Å². The molecule has 0 saturated carbocycles. The maximum absolute atomic E-state index is 6.27. The van der Waals surface area contributed by atoms with Crippen LogP contribution < -0.4 is 5.32 Å². The van der Waals surface area contributed by atoms with Gasteiger partial charge in [0.1, 0.15) is 0 Å². The Hall–Kier alpha value is -0.730. The Morgan fingerprint density at radius 1 is 0.947 bits per heavy atom. The summed E-state index contributed by atoms with van der Waals surface area (Å²) in [6.45, 7) is 2.02. The zero-order chi connectivity index (χ0) is 14.0. The van der Waals surface area contributed by atoms with Gasteiger partial charge in [0.15, 0.2) is 0 Å². The molecule has 2 rings (SSSR count). The number of aryl methyl sites for hydroxylation is 1. The molecule has 100 valence electrons. The number of hydrogen-bond donors (Lipinski definition) is 1. The van der Waals surface area contributed by atoms with Crippen LogP contribution in [0.4, 0.5) is 0 Å². The van der Waals surface area contributed by atoms with Crippen molar-refractivity contribution in [1.82, 2.24) is 5.32 Å². The van der Waals surface area contributed by atoms with Crippen LogP contribution in [-0.4, -0.2) is 7.05 Å². The number of rotatable bonds is 3. The molecule has 0 aromatic heterocycles. The minimum absolute atomic E-state index is 0.0383. The molecule has 19 heavy (non-hydrogen) atoms. The predicted octanol–water partition coefficient (Wildman–Crippen LogP) is 5.26. The normalized spacial score (nSPS) is 12.5. The van der Waals surface area contributed by atoms with Gasteiger partial charge in [-0.05, 0) is 61.0 Å². The van der Waals surface area contributed by atoms with Crippen molar-refractivity contribution in [2.45, 2.75) is 13.0 Å². The molecule has 0 aliphatic heterocycles. The number of hydrogen-bond acceptors (Lipinski definition) is 1. The van der Waals surface area contributed by atoms with Crippen LogP contribution in [-0.2, 0) is 0 Å². The van der Waals surface area contributed by atoms with Crippen molar-refractivity contribution in [3.63, 3.8) is 0 Å². The Kier molecular flexibility index (Phi) is 4.75. The van der Waals surface area contributed by atoms with Crippen molar-refractivity contribution in [2.75, 3.05) is 7.05 Å². The Morgan fingerprint density at radius 3 is 2.32 bits per heavy atom. The first-order valence-corrected chi connectivity index (χ1v) is 7.04. The van der Waals surface area contributed by atoms with Gasteiger partial charge >= 0.3 is 0 Å². The third-order valence-corrected chi connectivity index (χ3v) is 3.75. The number of nitrogens with one attached hydrogen (secondary N) is 1. The van der Waals surface area contributed by atoms with Crippen LogP contribution in [0.5, 0.6) is 0 Å². The highest BCUT2D eigenvalue weighted by atomic mass is 35.5. The van der Waals surface area contributed by atoms with Gasteiger partial charge in [-0.15, -0.1) is 0 Å². The van der Waals surface area contributed by atoms with E-state index in [1.807, 2.05) is 32.2 Å². The highest BCUT2D eigenvalue weighted by Crippen LogP contribution is 2.32. The average molecular weight is 315 g/mol. The minimum atomic E-state index is -0.0383. The van der Waals surface area contributed by atoms with E-state index in [1.54, 1.807) is 12.1 Å². The van der Waals surface area contributed by atoms with Gasteiger partial charge < -0.3 is 5.32 Å². The molecule has 0 saturated heterocycles. The third kappa shape index (κ3) is 3.43. The summed E-state index contributed by atoms with van der Waals surface area (Å²) in [6, 6.07) is 11.4. The zero-order valence-corrected chi connectivity index (χ0v) is 12.9. The van der Waals surface area contributed by atoms with Gasteiger partial charge in [0, 0.05) is 15.1 Å². The molecular formula is C15H14Cl3N. The molecule has 2 aromatic carbocycles. The van der Waals surface area contributed by atoms with E-state index < -0.39 is 0 Å². The van der Waals surface area contributed by atoms with Gasteiger partial charge in [0.2, 0.25) is 0 Å². The lowest BCUT2D eigenvalue weighted by Gasteiger charge is -2.19. The van der Waals surface area contributed by atoms with E-state index in [9.17, 15) is 0 Å². The number of halogens is 3. The quantitative estimate of drug-likeness (QED) is 0.814. The van der Waals surface area contributed by atoms with Gasteiger partial charge in [-0.2, -0.15) is 0 Å². The molecule has 0 spiro atoms. The Bertz CT molecular complexity index is 576. The van der Waals surface area contributed by atoms with E-state index in [0.29, 0.717) is 15.1 Å². The average Bonchev–Trinajstić information content (AvgIpc) is 2.33. The molecule has 0 radical (unpaired) electrons. The SMILES string of the molecule is CNC(c1cc(C)cc(Cl)c1)c1cc(Cl)ccc1Cl. The lowest BCUT2D eigenvalue weighted by molar-refractivity contribution is 0.691. The Labute approximate surface area is 128 Å². The number of benzene rings is 2. The van der Waals surface area contributed by atoms with Crippen LogP contribution in [0.2, 0.25) is 15.1 Å². The second kappa shape index (κ2) is 6.15. The highest BCUT2D eigenvalue weighted by molar-refractivity contribution is 6.33. The lowest BCUT2D eigenvalue weighted by Crippen LogP contribution is -2.18. The van der Waals surface area contributed by atoms with E-state index in [0.717, 1.165) is 16.7 Å². The fourth-order valence-corrected chi connectivity index (χ4v) is 2.87. The van der Waals surface area contributed by atoms with Crippen LogP contribution in [0, 0.1) is 6.92 Å². The third-order valence-electron chi connectivity index (χ3n) is 2.96. The Morgan fingerprint density at radius 2 is 1.68 bits per heavy atom. The van der Waals surface area contributed by atoms with Crippen molar-refractivity contribution in [2.24, 2.45) is 0 Å². The second-order valence-corrected chi connectivity index (χ2v) is 5.73. The van der Waals surface area contributed by atoms with Gasteiger partial charge in [-0.25, -0.2) is 0 Å². The monoisotopic (exact) mass is 313 g/mol. The second-order valence-electron chi connectivity index (χ2n) is 4.45. The first-order valence-electron chi connectivity index (χ1n) is 5.90. The Balaban J connectivity index is 2.52. The van der Waals surface area contributed by atoms with Crippen molar-refractivity contribution >= 4 is 34.8 Å². The molecule has 4 heteroatoms. The summed E-state index contributed by atoms with van der Waals surface area (Å²) >= 11 is 18.4. The fraction of sp³-hybridized carbons (Fsp3) is 0.200. The molecule has 1 unspecified atom stereocenters. The molecule has 0 aliphatic carbocycles. The molecule has 0 bridgehead atoms. The molecule has 0 heterocycles. The molecular weight excluding hydrogens is 301 g/mol. The van der Waals surface area contributed by atoms with E-state index in [4.69, 9.17) is 34.8 Å². The molecule has 1 atom stereocenters. The zero-order valence-electron chi connectivity index (χ0n) is 10.7. The lowest BCUT2D eigenvalue weighted by atomic mass is 9.97. The summed E-state index contributed by atoms with van der Waals surface area (Å²) in [4.78, 5) is 0. The molecule has 0 aliphatic rings. The summed E-state index contributed by atoms with van der Waals surface area (Å²) in [5.41, 5.74) is 3.12. The van der Waals surface area contributed by atoms with Gasteiger partial charge in [-0.1, -0.05) is 40.9 Å². The summed E-state index contributed by atoms with van der Waals surface area (Å²) in [5.74, 6) is 0. The summed E-state index contributed by atoms with van der Waals surface area (Å²) < 4.78 is 0. The summed E-state index contributed by atoms with van der Waals surface area (Å²) in [6.07, 6.45) is 0. The van der Waals surface area contributed by atoms with Crippen molar-refractivity contribution < 1.29 is 0 Å². The molecule has 1 nitrogen and oxygen atoms in total. The minimum Gasteiger partial charge on any atom is -0.309 e. The van der Waals surface area contributed by atoms with Crippen LogP contribution in [0.15, 0.2) is 36.4 Å². The maximum atomic E-state index is 6.27. The topological polar surface area (TPSA) is 12.0 Å². The molecule has 2 aromatic rings. The van der Waals surface area contributed by atoms with Crippen molar-refractivity contribution in [3.05, 3.63) is 68.2 Å². The fourth-order valence-electron chi connectivity index (χ4n) is 2.17. The smallest absolute Gasteiger partial charge is 0.0590 e. The standard InChI is InChI=1S/C15H14Cl3N/c1-9-5-10(7-12(17)6-9)15(19-2)13-8-11(16)3-4-14(13)18/h3-8,15,19H,1-2H3. The molecule has 1 N–H and O–H groups in total. The van der Waals surface area contributed by atoms with Crippen molar-refractivity contribution in [1.29, 1.82) is 0 Å². The van der Waals surface area contributed by atoms with Gasteiger partial charge in [-0.3, -0.25) is 0 Å². The first kappa shape index (κ1) is 14.7. The van der Waals surface area contributed by atoms with Crippen LogP contribution in [0.3, 0.4) is 0 Å². The van der Waals surface area contributed by atoms with E-state index in [1.165, 1.54) is 0 Å². The highest BCUT2D eigenvalue weighted by Gasteiger charge is 2.16. The van der Waals surface area contributed by atoms with Crippen molar-refractivity contribution in [3.8, 4) is 0 Å². The first-order chi connectivity index (χ1) is 9.01. The van der Waals surface area contributed by atoms with E-state index in [2.05, 4.69) is 11.4 Å².